The number of carbonyl (C=O) groups is 2. The van der Waals surface area contributed by atoms with E-state index in [1.165, 1.54) is 0 Å². The topological polar surface area (TPSA) is 79.3 Å². The second kappa shape index (κ2) is 11.2. The van der Waals surface area contributed by atoms with Gasteiger partial charge in [0.2, 0.25) is 0 Å². The van der Waals surface area contributed by atoms with Gasteiger partial charge in [-0.1, -0.05) is 40.7 Å². The number of ether oxygens (including phenoxy) is 2. The molecule has 0 radical (unpaired) electrons. The summed E-state index contributed by atoms with van der Waals surface area (Å²) in [4.78, 5) is 30.2. The summed E-state index contributed by atoms with van der Waals surface area (Å²) >= 11 is 3.45. The van der Waals surface area contributed by atoms with Crippen LogP contribution in [0.3, 0.4) is 0 Å². The maximum Gasteiger partial charge on any atom is 0.295 e. The summed E-state index contributed by atoms with van der Waals surface area (Å²) in [5.74, 6) is -0.826. The van der Waals surface area contributed by atoms with Gasteiger partial charge >= 0.3 is 0 Å². The number of ketones is 1. The van der Waals surface area contributed by atoms with E-state index < -0.39 is 17.7 Å². The predicted octanol–water partition coefficient (Wildman–Crippen LogP) is 4.08. The highest BCUT2D eigenvalue weighted by Crippen LogP contribution is 2.40. The second-order valence-electron chi connectivity index (χ2n) is 8.57. The van der Waals surface area contributed by atoms with E-state index in [-0.39, 0.29) is 11.3 Å². The smallest absolute Gasteiger partial charge is 0.295 e. The van der Waals surface area contributed by atoms with Crippen LogP contribution in [0.5, 0.6) is 5.75 Å². The molecule has 4 rings (SSSR count). The summed E-state index contributed by atoms with van der Waals surface area (Å²) in [5, 5.41) is 11.4. The Labute approximate surface area is 213 Å². The zero-order valence-electron chi connectivity index (χ0n) is 19.7. The van der Waals surface area contributed by atoms with Crippen molar-refractivity contribution in [1.82, 2.24) is 9.80 Å². The van der Waals surface area contributed by atoms with Crippen molar-refractivity contribution in [2.75, 3.05) is 46.0 Å². The van der Waals surface area contributed by atoms with Gasteiger partial charge in [-0.25, -0.2) is 0 Å². The fourth-order valence-corrected chi connectivity index (χ4v) is 4.73. The van der Waals surface area contributed by atoms with Crippen molar-refractivity contribution in [3.05, 3.63) is 81.9 Å². The van der Waals surface area contributed by atoms with Crippen LogP contribution in [-0.2, 0) is 14.3 Å². The first kappa shape index (κ1) is 25.2. The lowest BCUT2D eigenvalue weighted by Crippen LogP contribution is -2.42. The quantitative estimate of drug-likeness (QED) is 0.235. The SMILES string of the molecule is C=CCOc1ccc(C(O)=C2C(=O)C(=O)N(CCN3CCOCC3)[C@@H]2c2ccc(Br)cc2)c(C)c1. The van der Waals surface area contributed by atoms with Crippen molar-refractivity contribution in [1.29, 1.82) is 0 Å². The van der Waals surface area contributed by atoms with Crippen LogP contribution in [0.2, 0.25) is 0 Å². The number of morpholine rings is 1. The van der Waals surface area contributed by atoms with Crippen LogP contribution in [0.4, 0.5) is 0 Å². The molecule has 2 aromatic rings. The second-order valence-corrected chi connectivity index (χ2v) is 9.49. The molecule has 1 amide bonds. The van der Waals surface area contributed by atoms with Gasteiger partial charge in [0.25, 0.3) is 11.7 Å². The number of aliphatic hydroxyl groups is 1. The number of aliphatic hydroxyl groups excluding tert-OH is 1. The number of likely N-dealkylation sites (tertiary alicyclic amines) is 1. The van der Waals surface area contributed by atoms with Gasteiger partial charge in [0.05, 0.1) is 24.8 Å². The van der Waals surface area contributed by atoms with Gasteiger partial charge in [-0.2, -0.15) is 0 Å². The zero-order valence-corrected chi connectivity index (χ0v) is 21.3. The Kier molecular flexibility index (Phi) is 8.05. The molecule has 2 saturated heterocycles. The molecule has 35 heavy (non-hydrogen) atoms. The van der Waals surface area contributed by atoms with Gasteiger partial charge in [0.1, 0.15) is 18.1 Å². The number of amides is 1. The fraction of sp³-hybridized carbons (Fsp3) is 0.333. The monoisotopic (exact) mass is 540 g/mol. The van der Waals surface area contributed by atoms with E-state index >= 15 is 0 Å². The number of benzene rings is 2. The van der Waals surface area contributed by atoms with Gasteiger partial charge in [0.15, 0.2) is 0 Å². The Morgan fingerprint density at radius 3 is 2.54 bits per heavy atom. The molecule has 7 nitrogen and oxygen atoms in total. The van der Waals surface area contributed by atoms with Crippen molar-refractivity contribution in [3.8, 4) is 5.75 Å². The number of aryl methyl sites for hydroxylation is 1. The predicted molar refractivity (Wildman–Crippen MR) is 137 cm³/mol. The molecule has 2 aliphatic rings. The molecule has 0 unspecified atom stereocenters. The van der Waals surface area contributed by atoms with Crippen molar-refractivity contribution in [2.45, 2.75) is 13.0 Å². The third kappa shape index (κ3) is 5.50. The first-order chi connectivity index (χ1) is 16.9. The molecule has 8 heteroatoms. The molecule has 0 aromatic heterocycles. The van der Waals surface area contributed by atoms with E-state index in [9.17, 15) is 14.7 Å². The number of nitrogens with zero attached hydrogens (tertiary/aromatic N) is 2. The number of hydrogen-bond donors (Lipinski definition) is 1. The Balaban J connectivity index is 1.72. The van der Waals surface area contributed by atoms with E-state index in [1.54, 1.807) is 29.2 Å². The normalized spacial score (nSPS) is 20.3. The summed E-state index contributed by atoms with van der Waals surface area (Å²) in [6.07, 6.45) is 1.65. The molecule has 0 aliphatic carbocycles. The van der Waals surface area contributed by atoms with Crippen LogP contribution in [0, 0.1) is 6.92 Å². The highest BCUT2D eigenvalue weighted by atomic mass is 79.9. The largest absolute Gasteiger partial charge is 0.507 e. The summed E-state index contributed by atoms with van der Waals surface area (Å²) in [5.41, 5.74) is 2.09. The molecule has 0 spiro atoms. The van der Waals surface area contributed by atoms with Crippen molar-refractivity contribution >= 4 is 33.4 Å². The third-order valence-electron chi connectivity index (χ3n) is 6.31. The highest BCUT2D eigenvalue weighted by Gasteiger charge is 2.46. The first-order valence-corrected chi connectivity index (χ1v) is 12.4. The number of carbonyl (C=O) groups excluding carboxylic acids is 2. The minimum absolute atomic E-state index is 0.0992. The molecule has 1 atom stereocenters. The standard InChI is InChI=1S/C27H29BrN2O5/c1-3-14-35-21-8-9-22(18(2)17-21)25(31)23-24(19-4-6-20(28)7-5-19)30(27(33)26(23)32)11-10-29-12-15-34-16-13-29/h3-9,17,24,31H,1,10-16H2,2H3/t24-/m1/s1. The Morgan fingerprint density at radius 2 is 1.89 bits per heavy atom. The molecule has 2 aliphatic heterocycles. The summed E-state index contributed by atoms with van der Waals surface area (Å²) in [6.45, 7) is 9.71. The lowest BCUT2D eigenvalue weighted by Gasteiger charge is -2.31. The molecule has 1 N–H and O–H groups in total. The molecule has 184 valence electrons. The van der Waals surface area contributed by atoms with Crippen LogP contribution in [0.1, 0.15) is 22.7 Å². The molecule has 2 aromatic carbocycles. The van der Waals surface area contributed by atoms with Gasteiger partial charge in [-0.05, 0) is 48.4 Å². The van der Waals surface area contributed by atoms with Crippen molar-refractivity contribution in [3.63, 3.8) is 0 Å². The van der Waals surface area contributed by atoms with Gasteiger partial charge in [-0.15, -0.1) is 0 Å². The van der Waals surface area contributed by atoms with Crippen LogP contribution in [0.15, 0.2) is 65.2 Å². The van der Waals surface area contributed by atoms with E-state index in [2.05, 4.69) is 27.4 Å². The van der Waals surface area contributed by atoms with E-state index in [0.717, 1.165) is 28.7 Å². The highest BCUT2D eigenvalue weighted by molar-refractivity contribution is 9.10. The molecule has 0 bridgehead atoms. The Bertz CT molecular complexity index is 1140. The first-order valence-electron chi connectivity index (χ1n) is 11.6. The summed E-state index contributed by atoms with van der Waals surface area (Å²) in [6, 6.07) is 12.0. The van der Waals surface area contributed by atoms with Crippen LogP contribution in [-0.4, -0.2) is 72.6 Å². The Hall–Kier alpha value is -2.94. The van der Waals surface area contributed by atoms with E-state index in [0.29, 0.717) is 44.2 Å². The lowest BCUT2D eigenvalue weighted by molar-refractivity contribution is -0.140. The maximum atomic E-state index is 13.3. The average Bonchev–Trinajstić information content (AvgIpc) is 3.12. The number of hydrogen-bond acceptors (Lipinski definition) is 6. The van der Waals surface area contributed by atoms with Gasteiger partial charge in [-0.3, -0.25) is 14.5 Å². The lowest BCUT2D eigenvalue weighted by atomic mass is 9.94. The molecular weight excluding hydrogens is 512 g/mol. The minimum Gasteiger partial charge on any atom is -0.507 e. The van der Waals surface area contributed by atoms with Gasteiger partial charge in [0, 0.05) is 36.2 Å². The molecule has 0 saturated carbocycles. The molecule has 2 fully saturated rings. The fourth-order valence-electron chi connectivity index (χ4n) is 4.47. The van der Waals surface area contributed by atoms with Crippen LogP contribution in [0.25, 0.3) is 5.76 Å². The summed E-state index contributed by atoms with van der Waals surface area (Å²) < 4.78 is 11.9. The summed E-state index contributed by atoms with van der Waals surface area (Å²) in [7, 11) is 0. The number of halogens is 1. The van der Waals surface area contributed by atoms with Crippen LogP contribution < -0.4 is 4.74 Å². The van der Waals surface area contributed by atoms with Crippen LogP contribution >= 0.6 is 15.9 Å². The van der Waals surface area contributed by atoms with Gasteiger partial charge < -0.3 is 19.5 Å². The maximum absolute atomic E-state index is 13.3. The van der Waals surface area contributed by atoms with Crippen molar-refractivity contribution in [2.24, 2.45) is 0 Å². The zero-order chi connectivity index (χ0) is 24.9. The van der Waals surface area contributed by atoms with E-state index in [1.807, 2.05) is 31.2 Å². The third-order valence-corrected chi connectivity index (χ3v) is 6.84. The number of rotatable bonds is 8. The minimum atomic E-state index is -0.680. The molecule has 2 heterocycles. The number of Topliss-reactive ketones (excluding diaryl/α,β-unsaturated/α-hetero) is 1. The van der Waals surface area contributed by atoms with Crippen molar-refractivity contribution < 1.29 is 24.2 Å². The molecular formula is C27H29BrN2O5. The van der Waals surface area contributed by atoms with E-state index in [4.69, 9.17) is 9.47 Å². The average molecular weight is 541 g/mol. The Morgan fingerprint density at radius 1 is 1.17 bits per heavy atom.